The SMILES string of the molecule is CCCCNC(=O)[C@H](CC)N(Cc1ccc(Cl)cc1Cl)C(=O)CN(c1ccc(C)cc1)S(=O)(=O)c1ccc(SC)cc1. The number of benzene rings is 3. The summed E-state index contributed by atoms with van der Waals surface area (Å²) in [5, 5.41) is 3.70. The van der Waals surface area contributed by atoms with Crippen molar-refractivity contribution in [2.75, 3.05) is 23.7 Å². The third kappa shape index (κ3) is 8.66. The van der Waals surface area contributed by atoms with E-state index in [4.69, 9.17) is 23.2 Å². The monoisotopic (exact) mass is 649 g/mol. The summed E-state index contributed by atoms with van der Waals surface area (Å²) in [7, 11) is -4.14. The van der Waals surface area contributed by atoms with Crippen LogP contribution in [0, 0.1) is 6.92 Å². The second-order valence-corrected chi connectivity index (χ2v) is 13.4. The Morgan fingerprint density at radius 1 is 0.976 bits per heavy atom. The molecule has 0 unspecified atom stereocenters. The maximum atomic E-state index is 14.2. The summed E-state index contributed by atoms with van der Waals surface area (Å²) < 4.78 is 29.1. The summed E-state index contributed by atoms with van der Waals surface area (Å²) in [6.07, 6.45) is 3.93. The Hall–Kier alpha value is -2.72. The molecule has 0 aromatic heterocycles. The quantitative estimate of drug-likeness (QED) is 0.151. The molecule has 0 bridgehead atoms. The lowest BCUT2D eigenvalue weighted by atomic mass is 10.1. The number of nitrogens with zero attached hydrogens (tertiary/aromatic N) is 2. The summed E-state index contributed by atoms with van der Waals surface area (Å²) >= 11 is 14.1. The lowest BCUT2D eigenvalue weighted by Crippen LogP contribution is -2.52. The van der Waals surface area contributed by atoms with Crippen LogP contribution in [0.4, 0.5) is 5.69 Å². The highest BCUT2D eigenvalue weighted by Crippen LogP contribution is 2.28. The second kappa shape index (κ2) is 15.7. The highest BCUT2D eigenvalue weighted by Gasteiger charge is 2.34. The lowest BCUT2D eigenvalue weighted by Gasteiger charge is -2.33. The molecule has 0 saturated heterocycles. The number of hydrogen-bond donors (Lipinski definition) is 1. The summed E-state index contributed by atoms with van der Waals surface area (Å²) in [6.45, 7) is 5.70. The molecule has 11 heteroatoms. The van der Waals surface area contributed by atoms with Gasteiger partial charge in [-0.1, -0.05) is 67.2 Å². The van der Waals surface area contributed by atoms with E-state index < -0.39 is 28.5 Å². The van der Waals surface area contributed by atoms with Crippen molar-refractivity contribution >= 4 is 62.5 Å². The van der Waals surface area contributed by atoms with Crippen LogP contribution in [0.25, 0.3) is 0 Å². The number of unbranched alkanes of at least 4 members (excludes halogenated alkanes) is 1. The van der Waals surface area contributed by atoms with Gasteiger partial charge < -0.3 is 10.2 Å². The summed E-state index contributed by atoms with van der Waals surface area (Å²) in [6, 6.07) is 17.6. The van der Waals surface area contributed by atoms with Gasteiger partial charge in [-0.2, -0.15) is 0 Å². The highest BCUT2D eigenvalue weighted by molar-refractivity contribution is 7.98. The minimum atomic E-state index is -4.14. The molecule has 0 heterocycles. The van der Waals surface area contributed by atoms with E-state index in [1.807, 2.05) is 27.0 Å². The number of rotatable bonds is 14. The minimum absolute atomic E-state index is 0.00124. The van der Waals surface area contributed by atoms with Gasteiger partial charge in [0.05, 0.1) is 10.6 Å². The van der Waals surface area contributed by atoms with Crippen LogP contribution in [0.3, 0.4) is 0 Å². The van der Waals surface area contributed by atoms with Gasteiger partial charge in [-0.15, -0.1) is 11.8 Å². The molecule has 42 heavy (non-hydrogen) atoms. The van der Waals surface area contributed by atoms with Crippen molar-refractivity contribution in [1.82, 2.24) is 10.2 Å². The number of hydrogen-bond acceptors (Lipinski definition) is 5. The Bertz CT molecular complexity index is 1470. The third-order valence-corrected chi connectivity index (χ3v) is 9.94. The fourth-order valence-electron chi connectivity index (χ4n) is 4.37. The second-order valence-electron chi connectivity index (χ2n) is 9.85. The molecule has 2 amide bonds. The van der Waals surface area contributed by atoms with Crippen LogP contribution in [0.1, 0.15) is 44.2 Å². The van der Waals surface area contributed by atoms with Gasteiger partial charge in [0.15, 0.2) is 0 Å². The van der Waals surface area contributed by atoms with Gasteiger partial charge in [0, 0.05) is 28.0 Å². The van der Waals surface area contributed by atoms with E-state index in [0.29, 0.717) is 34.3 Å². The Kier molecular flexibility index (Phi) is 12.6. The van der Waals surface area contributed by atoms with E-state index in [1.165, 1.54) is 28.8 Å². The van der Waals surface area contributed by atoms with Crippen molar-refractivity contribution in [3.63, 3.8) is 0 Å². The normalized spacial score (nSPS) is 12.0. The van der Waals surface area contributed by atoms with Gasteiger partial charge in [-0.05, 0) is 80.1 Å². The molecule has 226 valence electrons. The largest absolute Gasteiger partial charge is 0.354 e. The Labute approximate surface area is 263 Å². The maximum absolute atomic E-state index is 14.2. The minimum Gasteiger partial charge on any atom is -0.354 e. The number of amides is 2. The molecule has 1 N–H and O–H groups in total. The predicted molar refractivity (Wildman–Crippen MR) is 173 cm³/mol. The number of aryl methyl sites for hydroxylation is 1. The number of sulfonamides is 1. The molecule has 0 radical (unpaired) electrons. The van der Waals surface area contributed by atoms with Gasteiger partial charge in [0.25, 0.3) is 10.0 Å². The molecule has 7 nitrogen and oxygen atoms in total. The van der Waals surface area contributed by atoms with Gasteiger partial charge >= 0.3 is 0 Å². The number of thioether (sulfide) groups is 1. The van der Waals surface area contributed by atoms with Gasteiger partial charge in [0.2, 0.25) is 11.8 Å². The van der Waals surface area contributed by atoms with E-state index >= 15 is 0 Å². The van der Waals surface area contributed by atoms with Crippen molar-refractivity contribution in [3.05, 3.63) is 87.9 Å². The van der Waals surface area contributed by atoms with Crippen molar-refractivity contribution < 1.29 is 18.0 Å². The molecule has 3 aromatic rings. The molecule has 3 rings (SSSR count). The first kappa shape index (κ1) is 33.8. The Morgan fingerprint density at radius 3 is 2.21 bits per heavy atom. The van der Waals surface area contributed by atoms with Crippen molar-refractivity contribution in [3.8, 4) is 0 Å². The number of carbonyl (C=O) groups is 2. The zero-order chi connectivity index (χ0) is 30.9. The van der Waals surface area contributed by atoms with Crippen LogP contribution in [-0.4, -0.2) is 50.5 Å². The first-order chi connectivity index (χ1) is 20.0. The first-order valence-corrected chi connectivity index (χ1v) is 17.2. The van der Waals surface area contributed by atoms with Crippen molar-refractivity contribution in [2.45, 2.75) is 62.4 Å². The molecule has 0 fully saturated rings. The van der Waals surface area contributed by atoms with Crippen LogP contribution in [-0.2, 0) is 26.2 Å². The van der Waals surface area contributed by atoms with E-state index in [1.54, 1.807) is 54.6 Å². The van der Waals surface area contributed by atoms with Crippen LogP contribution in [0.2, 0.25) is 10.0 Å². The van der Waals surface area contributed by atoms with Crippen LogP contribution in [0.5, 0.6) is 0 Å². The summed E-state index contributed by atoms with van der Waals surface area (Å²) in [5.41, 5.74) is 1.87. The molecule has 0 aliphatic carbocycles. The molecule has 1 atom stereocenters. The standard InChI is InChI=1S/C31H37Cl2N3O4S2/c1-5-7-18-34-31(38)29(6-2)35(20-23-10-11-24(32)19-28(23)33)30(37)21-36(25-12-8-22(3)9-13-25)42(39,40)27-16-14-26(41-4)15-17-27/h8-17,19,29H,5-7,18,20-21H2,1-4H3,(H,34,38)/t29-/m0/s1. The number of nitrogens with one attached hydrogen (secondary N) is 1. The highest BCUT2D eigenvalue weighted by atomic mass is 35.5. The lowest BCUT2D eigenvalue weighted by molar-refractivity contribution is -0.140. The zero-order valence-corrected chi connectivity index (χ0v) is 27.4. The first-order valence-electron chi connectivity index (χ1n) is 13.8. The number of carbonyl (C=O) groups excluding carboxylic acids is 2. The predicted octanol–water partition coefficient (Wildman–Crippen LogP) is 6.94. The van der Waals surface area contributed by atoms with E-state index in [-0.39, 0.29) is 17.3 Å². The zero-order valence-electron chi connectivity index (χ0n) is 24.3. The molecule has 0 saturated carbocycles. The molecule has 3 aromatic carbocycles. The van der Waals surface area contributed by atoms with E-state index in [0.717, 1.165) is 27.6 Å². The summed E-state index contributed by atoms with van der Waals surface area (Å²) in [4.78, 5) is 29.8. The fraction of sp³-hybridized carbons (Fsp3) is 0.355. The Balaban J connectivity index is 2.05. The van der Waals surface area contributed by atoms with Crippen LogP contribution < -0.4 is 9.62 Å². The average Bonchev–Trinajstić information content (AvgIpc) is 2.97. The van der Waals surface area contributed by atoms with Crippen LogP contribution in [0.15, 0.2) is 76.5 Å². The smallest absolute Gasteiger partial charge is 0.264 e. The Morgan fingerprint density at radius 2 is 1.64 bits per heavy atom. The van der Waals surface area contributed by atoms with E-state index in [2.05, 4.69) is 5.32 Å². The molecule has 0 aliphatic heterocycles. The molecule has 0 spiro atoms. The topological polar surface area (TPSA) is 86.8 Å². The van der Waals surface area contributed by atoms with E-state index in [9.17, 15) is 18.0 Å². The number of halogens is 2. The van der Waals surface area contributed by atoms with Crippen molar-refractivity contribution in [1.29, 1.82) is 0 Å². The average molecular weight is 651 g/mol. The van der Waals surface area contributed by atoms with Gasteiger partial charge in [-0.25, -0.2) is 8.42 Å². The third-order valence-electron chi connectivity index (χ3n) is 6.82. The maximum Gasteiger partial charge on any atom is 0.264 e. The molecular formula is C31H37Cl2N3O4S2. The van der Waals surface area contributed by atoms with Crippen LogP contribution >= 0.6 is 35.0 Å². The molecular weight excluding hydrogens is 613 g/mol. The van der Waals surface area contributed by atoms with Gasteiger partial charge in [0.1, 0.15) is 12.6 Å². The van der Waals surface area contributed by atoms with Crippen molar-refractivity contribution in [2.24, 2.45) is 0 Å². The fourth-order valence-corrected chi connectivity index (χ4v) is 6.66. The summed E-state index contributed by atoms with van der Waals surface area (Å²) in [5.74, 6) is -0.842. The number of anilines is 1. The van der Waals surface area contributed by atoms with Gasteiger partial charge in [-0.3, -0.25) is 13.9 Å². The molecule has 0 aliphatic rings.